The predicted octanol–water partition coefficient (Wildman–Crippen LogP) is 3.76. The number of hydrogen-bond acceptors (Lipinski definition) is 6. The number of sulfonamides is 1. The maximum absolute atomic E-state index is 14.5. The number of H-pyrrole nitrogens is 2. The van der Waals surface area contributed by atoms with Crippen molar-refractivity contribution in [1.29, 1.82) is 0 Å². The lowest BCUT2D eigenvalue weighted by atomic mass is 10.0. The van der Waals surface area contributed by atoms with E-state index in [4.69, 9.17) is 0 Å². The highest BCUT2D eigenvalue weighted by Gasteiger charge is 2.16. The molecule has 5 heterocycles. The van der Waals surface area contributed by atoms with Crippen molar-refractivity contribution in [2.45, 2.75) is 6.54 Å². The van der Waals surface area contributed by atoms with E-state index in [2.05, 4.69) is 35.0 Å². The summed E-state index contributed by atoms with van der Waals surface area (Å²) in [6.07, 6.45) is 8.10. The number of nitrogens with zero attached hydrogens (tertiary/aromatic N) is 5. The second-order valence-corrected chi connectivity index (χ2v) is 10.7. The fourth-order valence-corrected chi connectivity index (χ4v) is 4.78. The van der Waals surface area contributed by atoms with E-state index in [-0.39, 0.29) is 6.54 Å². The molecule has 0 unspecified atom stereocenters. The zero-order valence-corrected chi connectivity index (χ0v) is 20.6. The van der Waals surface area contributed by atoms with Crippen molar-refractivity contribution < 1.29 is 12.8 Å². The Hall–Kier alpha value is -4.42. The van der Waals surface area contributed by atoms with E-state index in [1.165, 1.54) is 12.1 Å². The summed E-state index contributed by atoms with van der Waals surface area (Å²) in [5, 5.41) is 13.4. The normalized spacial score (nSPS) is 12.1. The molecule has 10 nitrogen and oxygen atoms in total. The molecule has 0 atom stereocenters. The summed E-state index contributed by atoms with van der Waals surface area (Å²) in [5.74, 6) is -0.480. The van der Waals surface area contributed by atoms with Crippen molar-refractivity contribution in [2.75, 3.05) is 6.26 Å². The van der Waals surface area contributed by atoms with Gasteiger partial charge in [0, 0.05) is 53.4 Å². The number of aryl methyl sites for hydroxylation is 1. The number of halogens is 1. The number of pyridine rings is 2. The van der Waals surface area contributed by atoms with Gasteiger partial charge >= 0.3 is 0 Å². The Kier molecular flexibility index (Phi) is 5.35. The molecule has 1 aromatic carbocycles. The minimum Gasteiger partial charge on any atom is -0.353 e. The molecule has 186 valence electrons. The van der Waals surface area contributed by atoms with Crippen LogP contribution in [0, 0.1) is 5.82 Å². The van der Waals surface area contributed by atoms with Gasteiger partial charge in [-0.2, -0.15) is 10.2 Å². The third-order valence-corrected chi connectivity index (χ3v) is 6.69. The summed E-state index contributed by atoms with van der Waals surface area (Å²) < 4.78 is 41.6. The van der Waals surface area contributed by atoms with E-state index in [9.17, 15) is 12.8 Å². The first-order valence-electron chi connectivity index (χ1n) is 11.3. The topological polar surface area (TPSA) is 134 Å². The SMILES string of the molecule is Cn1cc(-c2cc3c(-c4cc5c(-c6cc(F)cc(CNS(C)(=O)=O)c6)nccc5[nH]4)n[nH]c3cn2)cn1. The van der Waals surface area contributed by atoms with E-state index in [1.807, 2.05) is 31.4 Å². The van der Waals surface area contributed by atoms with Gasteiger partial charge in [0.05, 0.1) is 41.2 Å². The zero-order valence-electron chi connectivity index (χ0n) is 19.8. The number of nitrogens with one attached hydrogen (secondary N) is 3. The molecule has 0 radical (unpaired) electrons. The van der Waals surface area contributed by atoms with Gasteiger partial charge in [-0.25, -0.2) is 17.5 Å². The lowest BCUT2D eigenvalue weighted by Crippen LogP contribution is -2.21. The first kappa shape index (κ1) is 23.0. The molecule has 0 spiro atoms. The zero-order chi connectivity index (χ0) is 25.7. The summed E-state index contributed by atoms with van der Waals surface area (Å²) in [6, 6.07) is 10.1. The molecule has 0 saturated carbocycles. The van der Waals surface area contributed by atoms with E-state index in [1.54, 1.807) is 29.3 Å². The first-order valence-corrected chi connectivity index (χ1v) is 13.2. The van der Waals surface area contributed by atoms with Crippen molar-refractivity contribution in [2.24, 2.45) is 7.05 Å². The van der Waals surface area contributed by atoms with Crippen molar-refractivity contribution in [3.63, 3.8) is 0 Å². The van der Waals surface area contributed by atoms with Gasteiger partial charge in [0.15, 0.2) is 0 Å². The van der Waals surface area contributed by atoms with Gasteiger partial charge in [-0.05, 0) is 42.0 Å². The highest BCUT2D eigenvalue weighted by molar-refractivity contribution is 7.88. The predicted molar refractivity (Wildman–Crippen MR) is 138 cm³/mol. The second-order valence-electron chi connectivity index (χ2n) is 8.84. The minimum absolute atomic E-state index is 0.0233. The molecule has 6 rings (SSSR count). The third kappa shape index (κ3) is 4.47. The molecule has 0 aliphatic heterocycles. The van der Waals surface area contributed by atoms with Crippen molar-refractivity contribution in [1.82, 2.24) is 39.7 Å². The van der Waals surface area contributed by atoms with Crippen LogP contribution in [0.15, 0.2) is 61.2 Å². The van der Waals surface area contributed by atoms with Gasteiger partial charge in [-0.3, -0.25) is 19.7 Å². The first-order chi connectivity index (χ1) is 17.7. The van der Waals surface area contributed by atoms with Crippen LogP contribution in [0.25, 0.3) is 55.7 Å². The van der Waals surface area contributed by atoms with Crippen LogP contribution in [0.3, 0.4) is 0 Å². The number of aromatic amines is 2. The van der Waals surface area contributed by atoms with Crippen molar-refractivity contribution >= 4 is 31.8 Å². The summed E-state index contributed by atoms with van der Waals surface area (Å²) >= 11 is 0. The van der Waals surface area contributed by atoms with Gasteiger partial charge in [0.1, 0.15) is 11.5 Å². The van der Waals surface area contributed by atoms with Gasteiger partial charge in [0.2, 0.25) is 10.0 Å². The molecule has 0 saturated heterocycles. The maximum atomic E-state index is 14.5. The Bertz CT molecular complexity index is 1900. The van der Waals surface area contributed by atoms with Gasteiger partial charge < -0.3 is 4.98 Å². The smallest absolute Gasteiger partial charge is 0.209 e. The van der Waals surface area contributed by atoms with Crippen LogP contribution in [-0.2, 0) is 23.6 Å². The van der Waals surface area contributed by atoms with Crippen molar-refractivity contribution in [3.8, 4) is 33.9 Å². The molecule has 5 aromatic heterocycles. The van der Waals surface area contributed by atoms with Gasteiger partial charge in [-0.15, -0.1) is 0 Å². The second kappa shape index (κ2) is 8.61. The Morgan fingerprint density at radius 1 is 1.00 bits per heavy atom. The quantitative estimate of drug-likeness (QED) is 0.309. The lowest BCUT2D eigenvalue weighted by molar-refractivity contribution is 0.586. The van der Waals surface area contributed by atoms with Gasteiger partial charge in [0.25, 0.3) is 0 Å². The fraction of sp³-hybridized carbons (Fsp3) is 0.120. The number of rotatable bonds is 6. The largest absolute Gasteiger partial charge is 0.353 e. The monoisotopic (exact) mass is 516 g/mol. The summed E-state index contributed by atoms with van der Waals surface area (Å²) in [7, 11) is -1.57. The molecule has 0 bridgehead atoms. The molecule has 3 N–H and O–H groups in total. The van der Waals surface area contributed by atoms with Crippen molar-refractivity contribution in [3.05, 3.63) is 72.6 Å². The minimum atomic E-state index is -3.42. The Morgan fingerprint density at radius 3 is 2.62 bits per heavy atom. The fourth-order valence-electron chi connectivity index (χ4n) is 4.35. The van der Waals surface area contributed by atoms with Crippen LogP contribution in [0.4, 0.5) is 4.39 Å². The summed E-state index contributed by atoms with van der Waals surface area (Å²) in [4.78, 5) is 12.4. The highest BCUT2D eigenvalue weighted by atomic mass is 32.2. The van der Waals surface area contributed by atoms with Crippen LogP contribution >= 0.6 is 0 Å². The summed E-state index contributed by atoms with van der Waals surface area (Å²) in [6.45, 7) is -0.0233. The van der Waals surface area contributed by atoms with Gasteiger partial charge in [-0.1, -0.05) is 0 Å². The molecule has 6 aromatic rings. The molecule has 0 aliphatic rings. The number of aromatic nitrogens is 7. The summed E-state index contributed by atoms with van der Waals surface area (Å²) in [5.41, 5.74) is 6.32. The Balaban J connectivity index is 1.43. The maximum Gasteiger partial charge on any atom is 0.209 e. The van der Waals surface area contributed by atoms with E-state index < -0.39 is 15.8 Å². The van der Waals surface area contributed by atoms with E-state index in [0.717, 1.165) is 45.0 Å². The highest BCUT2D eigenvalue weighted by Crippen LogP contribution is 2.34. The van der Waals surface area contributed by atoms with E-state index in [0.29, 0.717) is 22.5 Å². The Labute approximate surface area is 210 Å². The average Bonchev–Trinajstić information content (AvgIpc) is 3.58. The average molecular weight is 517 g/mol. The van der Waals surface area contributed by atoms with Crippen LogP contribution in [-0.4, -0.2) is 49.6 Å². The molecule has 0 amide bonds. The number of hydrogen-bond donors (Lipinski definition) is 3. The molecule has 0 fully saturated rings. The number of benzene rings is 1. The molecular formula is C25H21FN8O2S. The molecule has 0 aliphatic carbocycles. The van der Waals surface area contributed by atoms with Crippen LogP contribution < -0.4 is 4.72 Å². The van der Waals surface area contributed by atoms with Crippen LogP contribution in [0.5, 0.6) is 0 Å². The molecular weight excluding hydrogens is 495 g/mol. The van der Waals surface area contributed by atoms with E-state index >= 15 is 0 Å². The third-order valence-electron chi connectivity index (χ3n) is 6.02. The lowest BCUT2D eigenvalue weighted by Gasteiger charge is -2.07. The number of fused-ring (bicyclic) bond motifs is 2. The standard InChI is InChI=1S/C25H21FN8O2S/c1-34-13-16(11-29-34)21-8-19-23(12-28-21)32-33-25(19)22-9-18-20(31-22)3-4-27-24(18)15-5-14(6-17(26)7-15)10-30-37(2,35)36/h3-9,11-13,30-31H,10H2,1-2H3,(H,32,33). The van der Waals surface area contributed by atoms with Crippen LogP contribution in [0.1, 0.15) is 5.56 Å². The molecule has 37 heavy (non-hydrogen) atoms. The van der Waals surface area contributed by atoms with Crippen LogP contribution in [0.2, 0.25) is 0 Å². The Morgan fingerprint density at radius 2 is 1.84 bits per heavy atom. The molecule has 12 heteroatoms.